The molecule has 0 spiro atoms. The van der Waals surface area contributed by atoms with Gasteiger partial charge in [-0.1, -0.05) is 49.2 Å². The van der Waals surface area contributed by atoms with Gasteiger partial charge >= 0.3 is 6.64 Å². The highest BCUT2D eigenvalue weighted by Gasteiger charge is 2.31. The Bertz CT molecular complexity index is 638. The second-order valence-corrected chi connectivity index (χ2v) is 9.05. The quantitative estimate of drug-likeness (QED) is 0.753. The molecule has 3 rings (SSSR count). The molecule has 1 aliphatic carbocycles. The van der Waals surface area contributed by atoms with E-state index in [1.807, 2.05) is 60.7 Å². The Morgan fingerprint density at radius 1 is 0.875 bits per heavy atom. The van der Waals surface area contributed by atoms with Crippen molar-refractivity contribution in [1.82, 2.24) is 5.09 Å². The minimum atomic E-state index is -2.77. The highest BCUT2D eigenvalue weighted by molar-refractivity contribution is 8.09. The van der Waals surface area contributed by atoms with E-state index in [-0.39, 0.29) is 12.1 Å². The minimum Gasteiger partial charge on any atom is -0.425 e. The van der Waals surface area contributed by atoms with Crippen molar-refractivity contribution < 1.29 is 9.05 Å². The molecule has 1 saturated carbocycles. The molecule has 2 aromatic rings. The van der Waals surface area contributed by atoms with Crippen LogP contribution in [-0.4, -0.2) is 12.1 Å². The summed E-state index contributed by atoms with van der Waals surface area (Å²) in [5.74, 6) is 1.40. The molecule has 4 nitrogen and oxygen atoms in total. The molecule has 0 bridgehead atoms. The zero-order valence-electron chi connectivity index (χ0n) is 13.5. The molecule has 1 fully saturated rings. The maximum Gasteiger partial charge on any atom is 0.365 e. The van der Waals surface area contributed by atoms with Crippen molar-refractivity contribution in [2.75, 3.05) is 0 Å². The van der Waals surface area contributed by atoms with Gasteiger partial charge in [0.05, 0.1) is 0 Å². The van der Waals surface area contributed by atoms with Crippen LogP contribution >= 0.6 is 6.64 Å². The van der Waals surface area contributed by atoms with E-state index in [0.717, 1.165) is 19.3 Å². The summed E-state index contributed by atoms with van der Waals surface area (Å²) in [6, 6.07) is 19.3. The van der Waals surface area contributed by atoms with Crippen LogP contribution in [0, 0.1) is 0 Å². The third kappa shape index (κ3) is 4.81. The highest BCUT2D eigenvalue weighted by Crippen LogP contribution is 2.46. The molecule has 3 N–H and O–H groups in total. The van der Waals surface area contributed by atoms with Crippen molar-refractivity contribution in [3.8, 4) is 11.5 Å². The van der Waals surface area contributed by atoms with Crippen molar-refractivity contribution in [2.24, 2.45) is 5.73 Å². The SMILES string of the molecule is NC1CCCCC1NP(=S)(Oc1ccccc1)Oc1ccccc1. The maximum atomic E-state index is 6.27. The van der Waals surface area contributed by atoms with Crippen LogP contribution in [-0.2, 0) is 11.8 Å². The second-order valence-electron chi connectivity index (χ2n) is 5.99. The Labute approximate surface area is 148 Å². The number of para-hydroxylation sites is 2. The summed E-state index contributed by atoms with van der Waals surface area (Å²) in [7, 11) is 0. The van der Waals surface area contributed by atoms with E-state index in [1.54, 1.807) is 0 Å². The lowest BCUT2D eigenvalue weighted by molar-refractivity contribution is 0.347. The highest BCUT2D eigenvalue weighted by atomic mass is 32.5. The van der Waals surface area contributed by atoms with Gasteiger partial charge in [0.15, 0.2) is 0 Å². The molecule has 128 valence electrons. The first-order valence-corrected chi connectivity index (χ1v) is 10.9. The molecule has 2 atom stereocenters. The van der Waals surface area contributed by atoms with E-state index in [2.05, 4.69) is 5.09 Å². The Morgan fingerprint density at radius 3 is 1.88 bits per heavy atom. The second kappa shape index (κ2) is 8.13. The number of nitrogens with two attached hydrogens (primary N) is 1. The average molecular weight is 362 g/mol. The molecule has 0 aromatic heterocycles. The molecule has 24 heavy (non-hydrogen) atoms. The van der Waals surface area contributed by atoms with Crippen molar-refractivity contribution in [2.45, 2.75) is 37.8 Å². The molecule has 0 aliphatic heterocycles. The number of rotatable bonds is 6. The third-order valence-electron chi connectivity index (χ3n) is 4.08. The lowest BCUT2D eigenvalue weighted by Gasteiger charge is -2.34. The number of hydrogen-bond acceptors (Lipinski definition) is 4. The monoisotopic (exact) mass is 362 g/mol. The number of nitrogens with one attached hydrogen (secondary N) is 1. The van der Waals surface area contributed by atoms with E-state index in [1.165, 1.54) is 6.42 Å². The molecule has 1 aliphatic rings. The first kappa shape index (κ1) is 17.4. The van der Waals surface area contributed by atoms with Gasteiger partial charge in [-0.2, -0.15) is 0 Å². The fourth-order valence-corrected chi connectivity index (χ4v) is 5.43. The molecular weight excluding hydrogens is 339 g/mol. The van der Waals surface area contributed by atoms with Gasteiger partial charge in [0.1, 0.15) is 11.5 Å². The molecule has 2 aromatic carbocycles. The van der Waals surface area contributed by atoms with Crippen LogP contribution in [0.1, 0.15) is 25.7 Å². The summed E-state index contributed by atoms with van der Waals surface area (Å²) in [5.41, 5.74) is 6.27. The van der Waals surface area contributed by atoms with Crippen LogP contribution in [0.3, 0.4) is 0 Å². The van der Waals surface area contributed by atoms with Crippen LogP contribution in [0.15, 0.2) is 60.7 Å². The maximum absolute atomic E-state index is 6.27. The molecular formula is C18H23N2O2PS. The fraction of sp³-hybridized carbons (Fsp3) is 0.333. The van der Waals surface area contributed by atoms with E-state index in [4.69, 9.17) is 26.6 Å². The summed E-state index contributed by atoms with van der Waals surface area (Å²) in [4.78, 5) is 0. The fourth-order valence-electron chi connectivity index (χ4n) is 2.83. The molecule has 0 amide bonds. The Kier molecular flexibility index (Phi) is 5.90. The predicted molar refractivity (Wildman–Crippen MR) is 102 cm³/mol. The van der Waals surface area contributed by atoms with Gasteiger partial charge in [-0.15, -0.1) is 0 Å². The Hall–Kier alpha value is -1.39. The molecule has 6 heteroatoms. The van der Waals surface area contributed by atoms with E-state index >= 15 is 0 Å². The van der Waals surface area contributed by atoms with E-state index in [9.17, 15) is 0 Å². The lowest BCUT2D eigenvalue weighted by Crippen LogP contribution is -2.46. The third-order valence-corrected chi connectivity index (χ3v) is 6.39. The average Bonchev–Trinajstić information content (AvgIpc) is 2.58. The zero-order valence-corrected chi connectivity index (χ0v) is 15.2. The van der Waals surface area contributed by atoms with Gasteiger partial charge in [-0.25, -0.2) is 5.09 Å². The van der Waals surface area contributed by atoms with Crippen LogP contribution in [0.5, 0.6) is 11.5 Å². The Morgan fingerprint density at radius 2 is 1.38 bits per heavy atom. The van der Waals surface area contributed by atoms with Gasteiger partial charge in [0, 0.05) is 23.9 Å². The van der Waals surface area contributed by atoms with Crippen LogP contribution in [0.4, 0.5) is 0 Å². The van der Waals surface area contributed by atoms with Crippen molar-refractivity contribution in [3.63, 3.8) is 0 Å². The Balaban J connectivity index is 1.80. The van der Waals surface area contributed by atoms with Gasteiger partial charge < -0.3 is 14.8 Å². The molecule has 0 saturated heterocycles. The predicted octanol–water partition coefficient (Wildman–Crippen LogP) is 4.23. The first-order chi connectivity index (χ1) is 11.6. The molecule has 0 radical (unpaired) electrons. The smallest absolute Gasteiger partial charge is 0.365 e. The zero-order chi connectivity index (χ0) is 16.8. The normalized spacial score (nSPS) is 21.2. The van der Waals surface area contributed by atoms with Crippen molar-refractivity contribution in [1.29, 1.82) is 0 Å². The summed E-state index contributed by atoms with van der Waals surface area (Å²) in [5, 5.41) is 3.44. The van der Waals surface area contributed by atoms with Crippen molar-refractivity contribution >= 4 is 18.4 Å². The summed E-state index contributed by atoms with van der Waals surface area (Å²) < 4.78 is 12.2. The first-order valence-electron chi connectivity index (χ1n) is 8.27. The van der Waals surface area contributed by atoms with Gasteiger partial charge in [-0.05, 0) is 37.1 Å². The van der Waals surface area contributed by atoms with Crippen LogP contribution in [0.2, 0.25) is 0 Å². The number of benzene rings is 2. The largest absolute Gasteiger partial charge is 0.425 e. The lowest BCUT2D eigenvalue weighted by atomic mass is 9.92. The standard InChI is InChI=1S/C18H23N2O2PS/c19-17-13-7-8-14-18(17)20-23(24,21-15-9-3-1-4-10-15)22-16-11-5-2-6-12-16/h1-6,9-12,17-18H,7-8,13-14,19H2,(H,20,24). The van der Waals surface area contributed by atoms with E-state index < -0.39 is 6.64 Å². The molecule has 2 unspecified atom stereocenters. The molecule has 0 heterocycles. The summed E-state index contributed by atoms with van der Waals surface area (Å²) in [6.45, 7) is -2.77. The van der Waals surface area contributed by atoms with Crippen LogP contribution in [0.25, 0.3) is 0 Å². The topological polar surface area (TPSA) is 56.5 Å². The van der Waals surface area contributed by atoms with Gasteiger partial charge in [0.25, 0.3) is 0 Å². The van der Waals surface area contributed by atoms with Crippen LogP contribution < -0.4 is 19.9 Å². The van der Waals surface area contributed by atoms with Gasteiger partial charge in [-0.3, -0.25) is 0 Å². The van der Waals surface area contributed by atoms with E-state index in [0.29, 0.717) is 11.5 Å². The van der Waals surface area contributed by atoms with Crippen molar-refractivity contribution in [3.05, 3.63) is 60.7 Å². The van der Waals surface area contributed by atoms with Gasteiger partial charge in [0.2, 0.25) is 0 Å². The minimum absolute atomic E-state index is 0.0832. The summed E-state index contributed by atoms with van der Waals surface area (Å²) >= 11 is 5.80. The summed E-state index contributed by atoms with van der Waals surface area (Å²) in [6.07, 6.45) is 4.32. The number of hydrogen-bond donors (Lipinski definition) is 2.